The van der Waals surface area contributed by atoms with Crippen LogP contribution in [0.25, 0.3) is 28.0 Å². The van der Waals surface area contributed by atoms with Gasteiger partial charge in [0.1, 0.15) is 6.54 Å². The molecule has 0 atom stereocenters. The van der Waals surface area contributed by atoms with Crippen molar-refractivity contribution in [2.75, 3.05) is 31.7 Å². The molecule has 44 heavy (non-hydrogen) atoms. The van der Waals surface area contributed by atoms with Crippen LogP contribution in [0, 0.1) is 0 Å². The fourth-order valence-corrected chi connectivity index (χ4v) is 4.57. The molecule has 0 aliphatic carbocycles. The van der Waals surface area contributed by atoms with Crippen LogP contribution in [-0.4, -0.2) is 68.7 Å². The summed E-state index contributed by atoms with van der Waals surface area (Å²) in [5, 5.41) is 8.79. The number of carbonyl (C=O) groups excluding carboxylic acids is 1. The molecule has 1 aromatic carbocycles. The van der Waals surface area contributed by atoms with Crippen molar-refractivity contribution < 1.29 is 22.7 Å². The third kappa shape index (κ3) is 10.0. The summed E-state index contributed by atoms with van der Waals surface area (Å²) < 4.78 is 44.8. The highest BCUT2D eigenvalue weighted by molar-refractivity contribution is 5.90. The number of urea groups is 1. The minimum atomic E-state index is -4.49. The van der Waals surface area contributed by atoms with Gasteiger partial charge in [-0.05, 0) is 70.7 Å². The molecular formula is C32H40F3N7O2. The molecule has 236 valence electrons. The molecule has 0 aliphatic rings. The van der Waals surface area contributed by atoms with E-state index in [1.807, 2.05) is 30.5 Å². The molecule has 9 nitrogen and oxygen atoms in total. The lowest BCUT2D eigenvalue weighted by atomic mass is 10.1. The number of anilines is 1. The molecule has 0 saturated carbocycles. The van der Waals surface area contributed by atoms with Crippen LogP contribution in [0.15, 0.2) is 61.1 Å². The Balaban J connectivity index is 1.34. The number of carbonyl (C=O) groups is 1. The maximum absolute atomic E-state index is 12.4. The predicted octanol–water partition coefficient (Wildman–Crippen LogP) is 6.95. The van der Waals surface area contributed by atoms with Crippen molar-refractivity contribution in [2.45, 2.75) is 65.2 Å². The van der Waals surface area contributed by atoms with E-state index in [-0.39, 0.29) is 5.60 Å². The van der Waals surface area contributed by atoms with E-state index in [1.165, 1.54) is 0 Å². The number of halogens is 3. The lowest BCUT2D eigenvalue weighted by Gasteiger charge is -2.27. The van der Waals surface area contributed by atoms with Gasteiger partial charge in [0.25, 0.3) is 0 Å². The van der Waals surface area contributed by atoms with Gasteiger partial charge in [0.15, 0.2) is 5.65 Å². The zero-order chi connectivity index (χ0) is 31.7. The number of nitrogens with one attached hydrogen (secondary N) is 2. The van der Waals surface area contributed by atoms with Crippen LogP contribution in [0.3, 0.4) is 0 Å². The van der Waals surface area contributed by atoms with Crippen LogP contribution in [0.5, 0.6) is 0 Å². The van der Waals surface area contributed by atoms with E-state index in [0.717, 1.165) is 55.6 Å². The summed E-state index contributed by atoms with van der Waals surface area (Å²) in [5.41, 5.74) is 5.02. The number of fused-ring (bicyclic) bond motifs is 1. The Morgan fingerprint density at radius 3 is 2.48 bits per heavy atom. The van der Waals surface area contributed by atoms with E-state index in [1.54, 1.807) is 40.4 Å². The highest BCUT2D eigenvalue weighted by atomic mass is 19.4. The van der Waals surface area contributed by atoms with E-state index in [2.05, 4.69) is 53.0 Å². The number of alkyl halides is 3. The summed E-state index contributed by atoms with van der Waals surface area (Å²) in [6.45, 7) is 9.67. The van der Waals surface area contributed by atoms with Crippen molar-refractivity contribution in [3.8, 4) is 22.4 Å². The highest BCUT2D eigenvalue weighted by Gasteiger charge is 2.27. The Labute approximate surface area is 255 Å². The third-order valence-corrected chi connectivity index (χ3v) is 6.76. The topological polar surface area (TPSA) is 96.7 Å². The number of pyridine rings is 1. The molecule has 4 rings (SSSR count). The minimum Gasteiger partial charge on any atom is -0.360 e. The first-order valence-corrected chi connectivity index (χ1v) is 14.8. The van der Waals surface area contributed by atoms with Crippen LogP contribution in [-0.2, 0) is 11.2 Å². The molecule has 2 N–H and O–H groups in total. The number of aromatic nitrogens is 4. The Hall–Kier alpha value is -4.03. The second kappa shape index (κ2) is 14.6. The van der Waals surface area contributed by atoms with Crippen LogP contribution in [0.2, 0.25) is 0 Å². The van der Waals surface area contributed by atoms with Crippen molar-refractivity contribution in [2.24, 2.45) is 0 Å². The number of ether oxygens (including phenoxy) is 1. The molecular weight excluding hydrogens is 571 g/mol. The summed E-state index contributed by atoms with van der Waals surface area (Å²) >= 11 is 0. The number of unbranched alkanes of at least 4 members (excludes halogenated alkanes) is 1. The van der Waals surface area contributed by atoms with Gasteiger partial charge < -0.3 is 15.4 Å². The Morgan fingerprint density at radius 2 is 1.77 bits per heavy atom. The quantitative estimate of drug-likeness (QED) is 0.126. The maximum Gasteiger partial charge on any atom is 0.405 e. The lowest BCUT2D eigenvalue weighted by Crippen LogP contribution is -2.36. The molecule has 0 bridgehead atoms. The summed E-state index contributed by atoms with van der Waals surface area (Å²) in [7, 11) is 0. The van der Waals surface area contributed by atoms with Crippen molar-refractivity contribution in [1.29, 1.82) is 0 Å². The first-order chi connectivity index (χ1) is 20.9. The third-order valence-electron chi connectivity index (χ3n) is 6.76. The summed E-state index contributed by atoms with van der Waals surface area (Å²) in [5.74, 6) is 0. The van der Waals surface area contributed by atoms with Gasteiger partial charge in [-0.25, -0.2) is 14.3 Å². The van der Waals surface area contributed by atoms with Gasteiger partial charge >= 0.3 is 12.2 Å². The number of rotatable bonds is 13. The molecule has 0 saturated heterocycles. The molecule has 0 radical (unpaired) electrons. The van der Waals surface area contributed by atoms with Gasteiger partial charge in [0.05, 0.1) is 30.4 Å². The second-order valence-electron chi connectivity index (χ2n) is 11.7. The van der Waals surface area contributed by atoms with Gasteiger partial charge in [-0.2, -0.15) is 18.3 Å². The number of hydrogen-bond donors (Lipinski definition) is 2. The average Bonchev–Trinajstić information content (AvgIpc) is 3.40. The first-order valence-electron chi connectivity index (χ1n) is 14.8. The monoisotopic (exact) mass is 611 g/mol. The van der Waals surface area contributed by atoms with Crippen molar-refractivity contribution in [3.63, 3.8) is 0 Å². The maximum atomic E-state index is 12.4. The molecule has 0 unspecified atom stereocenters. The van der Waals surface area contributed by atoms with E-state index >= 15 is 0 Å². The van der Waals surface area contributed by atoms with Gasteiger partial charge in [-0.3, -0.25) is 9.88 Å². The first kappa shape index (κ1) is 32.9. The molecule has 0 fully saturated rings. The van der Waals surface area contributed by atoms with Gasteiger partial charge in [-0.1, -0.05) is 25.1 Å². The van der Waals surface area contributed by atoms with E-state index < -0.39 is 18.8 Å². The fourth-order valence-electron chi connectivity index (χ4n) is 4.57. The largest absolute Gasteiger partial charge is 0.405 e. The highest BCUT2D eigenvalue weighted by Crippen LogP contribution is 2.26. The van der Waals surface area contributed by atoms with Crippen LogP contribution < -0.4 is 10.6 Å². The Kier molecular flexibility index (Phi) is 10.9. The molecule has 12 heteroatoms. The minimum absolute atomic E-state index is 0.144. The Bertz CT molecular complexity index is 1520. The van der Waals surface area contributed by atoms with Crippen LogP contribution in [0.4, 0.5) is 23.7 Å². The van der Waals surface area contributed by atoms with Crippen molar-refractivity contribution >= 4 is 17.4 Å². The zero-order valence-corrected chi connectivity index (χ0v) is 25.6. The number of benzene rings is 1. The molecule has 4 aromatic rings. The van der Waals surface area contributed by atoms with E-state index in [9.17, 15) is 18.0 Å². The fraction of sp³-hybridized carbons (Fsp3) is 0.438. The van der Waals surface area contributed by atoms with Crippen LogP contribution >= 0.6 is 0 Å². The summed E-state index contributed by atoms with van der Waals surface area (Å²) in [4.78, 5) is 23.4. The SMILES string of the molecule is CCCN(CCCCc1ccc(-c2cnn3c(-c4cccc(NC(=O)NCC(F)(F)F)c4)cnc3c2)cn1)COC(C)(C)C. The van der Waals surface area contributed by atoms with Crippen LogP contribution in [0.1, 0.15) is 52.7 Å². The molecule has 2 amide bonds. The number of nitrogens with zero attached hydrogens (tertiary/aromatic N) is 5. The molecule has 0 spiro atoms. The zero-order valence-electron chi connectivity index (χ0n) is 25.6. The van der Waals surface area contributed by atoms with Gasteiger partial charge in [0, 0.05) is 47.4 Å². The number of hydrogen-bond acceptors (Lipinski definition) is 6. The van der Waals surface area contributed by atoms with Crippen molar-refractivity contribution in [1.82, 2.24) is 29.8 Å². The van der Waals surface area contributed by atoms with Gasteiger partial charge in [-0.15, -0.1) is 0 Å². The molecule has 0 aliphatic heterocycles. The number of imidazole rings is 1. The number of amides is 2. The Morgan fingerprint density at radius 1 is 0.955 bits per heavy atom. The summed E-state index contributed by atoms with van der Waals surface area (Å²) in [6.07, 6.45) is 4.88. The van der Waals surface area contributed by atoms with E-state index in [0.29, 0.717) is 29.3 Å². The predicted molar refractivity (Wildman–Crippen MR) is 165 cm³/mol. The van der Waals surface area contributed by atoms with E-state index in [4.69, 9.17) is 4.74 Å². The second-order valence-corrected chi connectivity index (χ2v) is 11.7. The molecule has 3 heterocycles. The molecule has 3 aromatic heterocycles. The van der Waals surface area contributed by atoms with Crippen molar-refractivity contribution in [3.05, 3.63) is 66.7 Å². The lowest BCUT2D eigenvalue weighted by molar-refractivity contribution is -0.122. The van der Waals surface area contributed by atoms with Gasteiger partial charge in [0.2, 0.25) is 0 Å². The average molecular weight is 612 g/mol. The smallest absolute Gasteiger partial charge is 0.360 e. The number of aryl methyl sites for hydroxylation is 1. The normalized spacial score (nSPS) is 12.2. The summed E-state index contributed by atoms with van der Waals surface area (Å²) in [6, 6.07) is 11.8. The standard InChI is InChI=1S/C32H40F3N7O2/c1-5-14-41(22-44-31(2,3)4)15-7-6-10-26-13-12-24(18-36-26)25-17-29-37-20-28(42(29)39-19-25)23-9-8-11-27(16-23)40-30(43)38-21-32(33,34)35/h8-9,11-13,16-20H,5-7,10,14-15,21-22H2,1-4H3,(H2,38,40,43).